The molecular weight excluding hydrogens is 374 g/mol. The Balaban J connectivity index is 1.72. The molecule has 7 heteroatoms. The molecule has 2 amide bonds. The van der Waals surface area contributed by atoms with Crippen molar-refractivity contribution in [2.75, 3.05) is 18.1 Å². The summed E-state index contributed by atoms with van der Waals surface area (Å²) in [5.74, 6) is 0.287. The molecule has 0 radical (unpaired) electrons. The van der Waals surface area contributed by atoms with Crippen LogP contribution in [0.1, 0.15) is 18.5 Å². The third-order valence-corrected chi connectivity index (χ3v) is 4.13. The first-order valence-electron chi connectivity index (χ1n) is 7.48. The van der Waals surface area contributed by atoms with Crippen molar-refractivity contribution in [2.24, 2.45) is 0 Å². The summed E-state index contributed by atoms with van der Waals surface area (Å²) in [5, 5.41) is 2.90. The van der Waals surface area contributed by atoms with E-state index >= 15 is 0 Å². The lowest BCUT2D eigenvalue weighted by Crippen LogP contribution is -2.46. The summed E-state index contributed by atoms with van der Waals surface area (Å²) in [7, 11) is 0. The second-order valence-corrected chi connectivity index (χ2v) is 6.24. The predicted molar refractivity (Wildman–Crippen MR) is 92.8 cm³/mol. The van der Waals surface area contributed by atoms with Gasteiger partial charge in [-0.2, -0.15) is 0 Å². The quantitative estimate of drug-likeness (QED) is 0.815. The Morgan fingerprint density at radius 2 is 2.08 bits per heavy atom. The van der Waals surface area contributed by atoms with Crippen LogP contribution in [0.5, 0.6) is 5.75 Å². The molecule has 6 nitrogen and oxygen atoms in total. The van der Waals surface area contributed by atoms with E-state index in [0.29, 0.717) is 16.2 Å². The molecule has 2 aromatic rings. The van der Waals surface area contributed by atoms with Crippen LogP contribution < -0.4 is 15.0 Å². The van der Waals surface area contributed by atoms with Gasteiger partial charge in [-0.3, -0.25) is 14.5 Å². The molecule has 3 rings (SSSR count). The van der Waals surface area contributed by atoms with Gasteiger partial charge in [0.15, 0.2) is 18.2 Å². The molecule has 124 valence electrons. The van der Waals surface area contributed by atoms with Crippen molar-refractivity contribution in [3.63, 3.8) is 0 Å². The lowest BCUT2D eigenvalue weighted by atomic mass is 10.1. The molecular formula is C17H16BrN3O3. The molecule has 2 heterocycles. The molecule has 0 spiro atoms. The van der Waals surface area contributed by atoms with E-state index in [1.165, 1.54) is 4.90 Å². The van der Waals surface area contributed by atoms with E-state index in [1.54, 1.807) is 12.1 Å². The van der Waals surface area contributed by atoms with Crippen LogP contribution >= 0.6 is 15.9 Å². The smallest absolute Gasteiger partial charge is 0.266 e. The monoisotopic (exact) mass is 389 g/mol. The fraction of sp³-hybridized carbons (Fsp3) is 0.235. The van der Waals surface area contributed by atoms with Crippen molar-refractivity contribution in [1.82, 2.24) is 10.3 Å². The summed E-state index contributed by atoms with van der Waals surface area (Å²) in [5.41, 5.74) is 1.00. The lowest BCUT2D eigenvalue weighted by Gasteiger charge is -2.28. The van der Waals surface area contributed by atoms with Crippen molar-refractivity contribution < 1.29 is 14.3 Å². The number of aromatic nitrogens is 1. The van der Waals surface area contributed by atoms with E-state index in [1.807, 2.05) is 37.3 Å². The van der Waals surface area contributed by atoms with Crippen molar-refractivity contribution in [3.05, 3.63) is 52.6 Å². The molecule has 1 aromatic heterocycles. The van der Waals surface area contributed by atoms with E-state index in [-0.39, 0.29) is 31.0 Å². The zero-order valence-corrected chi connectivity index (χ0v) is 14.6. The Hall–Kier alpha value is -2.41. The number of ether oxygens (including phenoxy) is 1. The molecule has 0 aliphatic carbocycles. The zero-order valence-electron chi connectivity index (χ0n) is 13.0. The maximum absolute atomic E-state index is 12.3. The van der Waals surface area contributed by atoms with E-state index in [2.05, 4.69) is 26.2 Å². The number of carbonyl (C=O) groups excluding carboxylic acids is 2. The Morgan fingerprint density at radius 1 is 1.33 bits per heavy atom. The molecule has 1 aliphatic rings. The van der Waals surface area contributed by atoms with Gasteiger partial charge in [-0.25, -0.2) is 4.98 Å². The number of amides is 2. The van der Waals surface area contributed by atoms with Gasteiger partial charge in [0.2, 0.25) is 5.91 Å². The third kappa shape index (κ3) is 3.56. The number of nitrogens with one attached hydrogen (secondary N) is 1. The van der Waals surface area contributed by atoms with Crippen LogP contribution in [0.3, 0.4) is 0 Å². The number of fused-ring (bicyclic) bond motifs is 1. The largest absolute Gasteiger partial charge is 0.480 e. The molecule has 1 N–H and O–H groups in total. The molecule has 0 fully saturated rings. The van der Waals surface area contributed by atoms with Crippen LogP contribution in [0.15, 0.2) is 47.1 Å². The Morgan fingerprint density at radius 3 is 2.83 bits per heavy atom. The van der Waals surface area contributed by atoms with Gasteiger partial charge < -0.3 is 10.1 Å². The second kappa shape index (κ2) is 7.00. The number of anilines is 1. The molecule has 0 bridgehead atoms. The maximum atomic E-state index is 12.3. The van der Waals surface area contributed by atoms with Crippen LogP contribution in [-0.4, -0.2) is 29.9 Å². The number of nitrogens with zero attached hydrogens (tertiary/aromatic N) is 2. The molecule has 1 unspecified atom stereocenters. The Labute approximate surface area is 148 Å². The van der Waals surface area contributed by atoms with Crippen LogP contribution in [-0.2, 0) is 9.59 Å². The average molecular weight is 390 g/mol. The minimum Gasteiger partial charge on any atom is -0.480 e. The molecule has 1 atom stereocenters. The first-order valence-corrected chi connectivity index (χ1v) is 8.28. The van der Waals surface area contributed by atoms with Crippen molar-refractivity contribution in [2.45, 2.75) is 13.0 Å². The van der Waals surface area contributed by atoms with Gasteiger partial charge in [0, 0.05) is 0 Å². The first-order chi connectivity index (χ1) is 11.5. The number of pyridine rings is 1. The van der Waals surface area contributed by atoms with Crippen LogP contribution in [0.4, 0.5) is 5.82 Å². The van der Waals surface area contributed by atoms with Crippen LogP contribution in [0.25, 0.3) is 0 Å². The van der Waals surface area contributed by atoms with Gasteiger partial charge in [-0.05, 0) is 40.5 Å². The summed E-state index contributed by atoms with van der Waals surface area (Å²) < 4.78 is 5.92. The van der Waals surface area contributed by atoms with Crippen molar-refractivity contribution in [1.29, 1.82) is 0 Å². The van der Waals surface area contributed by atoms with E-state index in [9.17, 15) is 9.59 Å². The number of hydrogen-bond acceptors (Lipinski definition) is 4. The second-order valence-electron chi connectivity index (χ2n) is 5.42. The van der Waals surface area contributed by atoms with E-state index < -0.39 is 0 Å². The van der Waals surface area contributed by atoms with Crippen molar-refractivity contribution in [3.8, 4) is 5.75 Å². The molecule has 0 saturated carbocycles. The summed E-state index contributed by atoms with van der Waals surface area (Å²) in [4.78, 5) is 30.1. The minimum absolute atomic E-state index is 0.0994. The van der Waals surface area contributed by atoms with Crippen molar-refractivity contribution >= 4 is 33.6 Å². The molecule has 1 aliphatic heterocycles. The molecule has 0 saturated heterocycles. The zero-order chi connectivity index (χ0) is 17.1. The van der Waals surface area contributed by atoms with Gasteiger partial charge in [-0.15, -0.1) is 0 Å². The van der Waals surface area contributed by atoms with Gasteiger partial charge in [0.1, 0.15) is 11.1 Å². The molecule has 24 heavy (non-hydrogen) atoms. The summed E-state index contributed by atoms with van der Waals surface area (Å²) in [6.07, 6.45) is 0. The minimum atomic E-state index is -0.296. The van der Waals surface area contributed by atoms with Gasteiger partial charge in [-0.1, -0.05) is 30.3 Å². The summed E-state index contributed by atoms with van der Waals surface area (Å²) in [6.45, 7) is 1.70. The van der Waals surface area contributed by atoms with Crippen LogP contribution in [0, 0.1) is 0 Å². The number of rotatable bonds is 4. The van der Waals surface area contributed by atoms with Gasteiger partial charge in [0.25, 0.3) is 5.91 Å². The topological polar surface area (TPSA) is 71.5 Å². The number of benzene rings is 1. The third-order valence-electron chi connectivity index (χ3n) is 3.69. The lowest BCUT2D eigenvalue weighted by molar-refractivity contribution is -0.125. The van der Waals surface area contributed by atoms with E-state index in [0.717, 1.165) is 5.56 Å². The SMILES string of the molecule is CC(NC(=O)CN1C(=O)COc2ccc(Br)nc21)c1ccccc1. The Bertz CT molecular complexity index is 767. The number of halogens is 1. The highest BCUT2D eigenvalue weighted by Gasteiger charge is 2.29. The normalized spacial score (nSPS) is 14.6. The standard InChI is InChI=1S/C17H16BrN3O3/c1-11(12-5-3-2-4-6-12)19-15(22)9-21-16(23)10-24-13-7-8-14(18)20-17(13)21/h2-8,11H,9-10H2,1H3,(H,19,22). The Kier molecular flexibility index (Phi) is 4.80. The predicted octanol–water partition coefficient (Wildman–Crippen LogP) is 2.45. The summed E-state index contributed by atoms with van der Waals surface area (Å²) >= 11 is 3.27. The van der Waals surface area contributed by atoms with Gasteiger partial charge in [0.05, 0.1) is 6.04 Å². The molecule has 1 aromatic carbocycles. The van der Waals surface area contributed by atoms with E-state index in [4.69, 9.17) is 4.74 Å². The highest BCUT2D eigenvalue weighted by molar-refractivity contribution is 9.10. The van der Waals surface area contributed by atoms with Gasteiger partial charge >= 0.3 is 0 Å². The summed E-state index contributed by atoms with van der Waals surface area (Å²) in [6, 6.07) is 12.9. The average Bonchev–Trinajstić information content (AvgIpc) is 2.58. The fourth-order valence-electron chi connectivity index (χ4n) is 2.47. The first kappa shape index (κ1) is 16.4. The number of hydrogen-bond donors (Lipinski definition) is 1. The van der Waals surface area contributed by atoms with Crippen LogP contribution in [0.2, 0.25) is 0 Å². The fourth-order valence-corrected chi connectivity index (χ4v) is 2.77. The highest BCUT2D eigenvalue weighted by Crippen LogP contribution is 2.31. The highest BCUT2D eigenvalue weighted by atomic mass is 79.9. The maximum Gasteiger partial charge on any atom is 0.266 e. The number of carbonyl (C=O) groups is 2.